The molecule has 0 spiro atoms. The fourth-order valence-electron chi connectivity index (χ4n) is 3.81. The Kier molecular flexibility index (Phi) is 3.66. The topological polar surface area (TPSA) is 20.2 Å². The van der Waals surface area contributed by atoms with Crippen molar-refractivity contribution in [2.24, 2.45) is 0 Å². The van der Waals surface area contributed by atoms with Crippen molar-refractivity contribution in [1.82, 2.24) is 0 Å². The van der Waals surface area contributed by atoms with Crippen LogP contribution in [0.5, 0.6) is 5.75 Å². The fourth-order valence-corrected chi connectivity index (χ4v) is 4.17. The van der Waals surface area contributed by atoms with Crippen molar-refractivity contribution in [2.45, 2.75) is 0 Å². The molecule has 1 N–H and O–H groups in total. The molecule has 5 rings (SSSR count). The van der Waals surface area contributed by atoms with E-state index in [1.54, 1.807) is 12.1 Å². The number of phenolic OH excluding ortho intramolecular Hbond substituents is 1. The molecular weight excluding hydrogens is 403 g/mol. The summed E-state index contributed by atoms with van der Waals surface area (Å²) in [6, 6.07) is 24.6. The highest BCUT2D eigenvalue weighted by molar-refractivity contribution is 9.10. The molecule has 0 aliphatic heterocycles. The van der Waals surface area contributed by atoms with Crippen molar-refractivity contribution in [2.75, 3.05) is 0 Å². The third-order valence-electron chi connectivity index (χ3n) is 5.06. The van der Waals surface area contributed by atoms with Gasteiger partial charge in [-0.1, -0.05) is 70.5 Å². The molecule has 0 aliphatic carbocycles. The van der Waals surface area contributed by atoms with Crippen LogP contribution in [0, 0.1) is 5.82 Å². The fraction of sp³-hybridized carbons (Fsp3) is 0. The molecule has 130 valence electrons. The summed E-state index contributed by atoms with van der Waals surface area (Å²) in [7, 11) is 0. The molecule has 0 saturated carbocycles. The first-order valence-electron chi connectivity index (χ1n) is 8.65. The third-order valence-corrected chi connectivity index (χ3v) is 5.55. The summed E-state index contributed by atoms with van der Waals surface area (Å²) in [5.74, 6) is -0.240. The van der Waals surface area contributed by atoms with Crippen LogP contribution in [0.2, 0.25) is 0 Å². The second kappa shape index (κ2) is 6.07. The van der Waals surface area contributed by atoms with Crippen LogP contribution in [0.25, 0.3) is 43.4 Å². The largest absolute Gasteiger partial charge is 0.507 e. The van der Waals surface area contributed by atoms with Crippen molar-refractivity contribution in [1.29, 1.82) is 0 Å². The van der Waals surface area contributed by atoms with Gasteiger partial charge in [0.15, 0.2) is 0 Å². The van der Waals surface area contributed by atoms with Gasteiger partial charge in [-0.25, -0.2) is 4.39 Å². The number of hydrogen-bond acceptors (Lipinski definition) is 1. The predicted octanol–water partition coefficient (Wildman–Crippen LogP) is 7.42. The molecule has 0 fully saturated rings. The second-order valence-corrected chi connectivity index (χ2v) is 7.56. The van der Waals surface area contributed by atoms with Crippen LogP contribution >= 0.6 is 15.9 Å². The van der Waals surface area contributed by atoms with Gasteiger partial charge in [-0.3, -0.25) is 0 Å². The van der Waals surface area contributed by atoms with Crippen LogP contribution in [0.4, 0.5) is 4.39 Å². The van der Waals surface area contributed by atoms with Crippen molar-refractivity contribution >= 4 is 48.2 Å². The molecule has 3 heteroatoms. The Balaban J connectivity index is 1.97. The van der Waals surface area contributed by atoms with Crippen molar-refractivity contribution in [3.63, 3.8) is 0 Å². The highest BCUT2D eigenvalue weighted by Gasteiger charge is 2.19. The second-order valence-electron chi connectivity index (χ2n) is 6.64. The summed E-state index contributed by atoms with van der Waals surface area (Å²) in [4.78, 5) is 0. The van der Waals surface area contributed by atoms with Crippen LogP contribution in [0.15, 0.2) is 83.3 Å². The molecule has 0 heterocycles. The summed E-state index contributed by atoms with van der Waals surface area (Å²) >= 11 is 3.48. The van der Waals surface area contributed by atoms with Gasteiger partial charge in [-0.05, 0) is 51.2 Å². The minimum absolute atomic E-state index is 0.0780. The first kappa shape index (κ1) is 16.3. The lowest BCUT2D eigenvalue weighted by Crippen LogP contribution is -1.92. The molecule has 27 heavy (non-hydrogen) atoms. The zero-order valence-corrected chi connectivity index (χ0v) is 15.8. The molecule has 0 aliphatic rings. The number of rotatable bonds is 1. The minimum Gasteiger partial charge on any atom is -0.507 e. The van der Waals surface area contributed by atoms with Crippen LogP contribution < -0.4 is 0 Å². The van der Waals surface area contributed by atoms with E-state index in [4.69, 9.17) is 0 Å². The molecule has 0 radical (unpaired) electrons. The summed E-state index contributed by atoms with van der Waals surface area (Å²) in [5, 5.41) is 15.7. The maximum absolute atomic E-state index is 15.7. The van der Waals surface area contributed by atoms with Crippen LogP contribution in [-0.2, 0) is 0 Å². The summed E-state index contributed by atoms with van der Waals surface area (Å²) in [6.45, 7) is 0. The number of benzene rings is 5. The SMILES string of the molecule is Oc1cc2ccccc2cc1-c1c(F)c2ccc(Br)cc2c2ccccc12. The van der Waals surface area contributed by atoms with E-state index in [-0.39, 0.29) is 11.6 Å². The van der Waals surface area contributed by atoms with E-state index in [0.29, 0.717) is 16.5 Å². The Hall–Kier alpha value is -2.91. The van der Waals surface area contributed by atoms with Crippen LogP contribution in [0.1, 0.15) is 0 Å². The van der Waals surface area contributed by atoms with Gasteiger partial charge in [0.1, 0.15) is 11.6 Å². The molecular formula is C24H14BrFO. The monoisotopic (exact) mass is 416 g/mol. The maximum Gasteiger partial charge on any atom is 0.139 e. The lowest BCUT2D eigenvalue weighted by atomic mass is 9.91. The first-order chi connectivity index (χ1) is 13.1. The molecule has 0 aromatic heterocycles. The van der Waals surface area contributed by atoms with E-state index in [9.17, 15) is 5.11 Å². The average Bonchev–Trinajstić information content (AvgIpc) is 2.68. The lowest BCUT2D eigenvalue weighted by molar-refractivity contribution is 0.477. The zero-order valence-electron chi connectivity index (χ0n) is 14.2. The van der Waals surface area contributed by atoms with Gasteiger partial charge in [-0.15, -0.1) is 0 Å². The van der Waals surface area contributed by atoms with Gasteiger partial charge >= 0.3 is 0 Å². The molecule has 0 amide bonds. The van der Waals surface area contributed by atoms with Gasteiger partial charge in [0, 0.05) is 21.0 Å². The predicted molar refractivity (Wildman–Crippen MR) is 114 cm³/mol. The van der Waals surface area contributed by atoms with Crippen LogP contribution in [0.3, 0.4) is 0 Å². The zero-order chi connectivity index (χ0) is 18.5. The lowest BCUT2D eigenvalue weighted by Gasteiger charge is -2.15. The number of phenols is 1. The molecule has 0 bridgehead atoms. The Labute approximate surface area is 163 Å². The average molecular weight is 417 g/mol. The minimum atomic E-state index is -0.318. The summed E-state index contributed by atoms with van der Waals surface area (Å²) < 4.78 is 16.6. The third kappa shape index (κ3) is 2.50. The molecule has 0 atom stereocenters. The van der Waals surface area contributed by atoms with E-state index in [0.717, 1.165) is 31.4 Å². The molecule has 5 aromatic carbocycles. The Morgan fingerprint density at radius 3 is 2.11 bits per heavy atom. The van der Waals surface area contributed by atoms with Gasteiger partial charge in [-0.2, -0.15) is 0 Å². The quantitative estimate of drug-likeness (QED) is 0.282. The van der Waals surface area contributed by atoms with E-state index >= 15 is 4.39 Å². The smallest absolute Gasteiger partial charge is 0.139 e. The Bertz CT molecular complexity index is 1360. The molecule has 0 unspecified atom stereocenters. The normalized spacial score (nSPS) is 11.5. The van der Waals surface area contributed by atoms with E-state index in [1.165, 1.54) is 0 Å². The van der Waals surface area contributed by atoms with Crippen molar-refractivity contribution < 1.29 is 9.50 Å². The van der Waals surface area contributed by atoms with E-state index in [2.05, 4.69) is 15.9 Å². The van der Waals surface area contributed by atoms with E-state index in [1.807, 2.05) is 66.7 Å². The standard InChI is InChI=1S/C24H14BrFO/c25-16-9-10-19-20(13-16)17-7-3-4-8-18(17)23(24(19)26)21-11-14-5-1-2-6-15(14)12-22(21)27/h1-13,27H. The number of halogens is 2. The Morgan fingerprint density at radius 2 is 1.33 bits per heavy atom. The highest BCUT2D eigenvalue weighted by Crippen LogP contribution is 2.43. The highest BCUT2D eigenvalue weighted by atomic mass is 79.9. The maximum atomic E-state index is 15.7. The number of aromatic hydroxyl groups is 1. The summed E-state index contributed by atoms with van der Waals surface area (Å²) in [5.41, 5.74) is 0.941. The number of hydrogen-bond donors (Lipinski definition) is 1. The number of fused-ring (bicyclic) bond motifs is 4. The Morgan fingerprint density at radius 1 is 0.667 bits per heavy atom. The first-order valence-corrected chi connectivity index (χ1v) is 9.44. The van der Waals surface area contributed by atoms with Gasteiger partial charge < -0.3 is 5.11 Å². The molecule has 1 nitrogen and oxygen atoms in total. The van der Waals surface area contributed by atoms with Gasteiger partial charge in [0.25, 0.3) is 0 Å². The van der Waals surface area contributed by atoms with Crippen LogP contribution in [-0.4, -0.2) is 5.11 Å². The van der Waals surface area contributed by atoms with Crippen molar-refractivity contribution in [3.8, 4) is 16.9 Å². The summed E-state index contributed by atoms with van der Waals surface area (Å²) in [6.07, 6.45) is 0. The van der Waals surface area contributed by atoms with Gasteiger partial charge in [0.2, 0.25) is 0 Å². The van der Waals surface area contributed by atoms with E-state index < -0.39 is 0 Å². The molecule has 5 aromatic rings. The van der Waals surface area contributed by atoms with Gasteiger partial charge in [0.05, 0.1) is 0 Å². The van der Waals surface area contributed by atoms with Crippen molar-refractivity contribution in [3.05, 3.63) is 89.2 Å². The molecule has 0 saturated heterocycles.